The molecule has 2 fully saturated rings. The smallest absolute Gasteiger partial charge is 0.303 e. The van der Waals surface area contributed by atoms with Gasteiger partial charge in [0.25, 0.3) is 0 Å². The summed E-state index contributed by atoms with van der Waals surface area (Å²) in [6.45, 7) is 3.91. The number of aliphatic carboxylic acids is 1. The minimum Gasteiger partial charge on any atom is -0.508 e. The van der Waals surface area contributed by atoms with Gasteiger partial charge in [0.05, 0.1) is 0 Å². The number of H-pyrrole nitrogens is 1. The number of aromatic hydroxyl groups is 2. The van der Waals surface area contributed by atoms with Crippen LogP contribution in [0.2, 0.25) is 0 Å². The number of amides is 10. The number of aliphatic imine (C=N–C) groups is 1. The third kappa shape index (κ3) is 24.1. The molecular weight excluding hydrogens is 1320 g/mol. The van der Waals surface area contributed by atoms with Crippen LogP contribution in [0.5, 0.6) is 11.5 Å². The lowest BCUT2D eigenvalue weighted by atomic mass is 10.00. The topological polar surface area (TPSA) is 479 Å². The molecule has 30 nitrogen and oxygen atoms in total. The van der Waals surface area contributed by atoms with Crippen molar-refractivity contribution >= 4 is 109 Å². The largest absolute Gasteiger partial charge is 0.508 e. The molecule has 9 atom stereocenters. The average Bonchev–Trinajstić information content (AvgIpc) is 1.82. The molecule has 0 radical (unpaired) electrons. The molecule has 0 unspecified atom stereocenters. The number of carboxylic acids is 1. The van der Waals surface area contributed by atoms with Gasteiger partial charge in [-0.05, 0) is 110 Å². The van der Waals surface area contributed by atoms with Crippen LogP contribution < -0.4 is 70.0 Å². The number of hydrogen-bond acceptors (Lipinski definition) is 18. The Balaban J connectivity index is 1.22. The second kappa shape index (κ2) is 38.1. The molecule has 532 valence electrons. The summed E-state index contributed by atoms with van der Waals surface area (Å²) in [6, 6.07) is 12.1. The van der Waals surface area contributed by atoms with Crippen LogP contribution in [0.4, 0.5) is 5.82 Å². The first kappa shape index (κ1) is 76.3. The summed E-state index contributed by atoms with van der Waals surface area (Å²) in [4.78, 5) is 169. The number of benzene rings is 3. The number of para-hydroxylation sites is 1. The first-order valence-corrected chi connectivity index (χ1v) is 35.2. The maximum Gasteiger partial charge on any atom is 0.303 e. The van der Waals surface area contributed by atoms with Crippen molar-refractivity contribution in [2.24, 2.45) is 28.1 Å². The summed E-state index contributed by atoms with van der Waals surface area (Å²) in [5, 5.41) is 55.5. The van der Waals surface area contributed by atoms with E-state index in [0.717, 1.165) is 32.5 Å². The lowest BCUT2D eigenvalue weighted by Gasteiger charge is -2.29. The van der Waals surface area contributed by atoms with Crippen molar-refractivity contribution in [2.45, 2.75) is 152 Å². The summed E-state index contributed by atoms with van der Waals surface area (Å²) in [7, 11) is 1.85. The first-order chi connectivity index (χ1) is 47.4. The number of pyridine rings is 1. The highest BCUT2D eigenvalue weighted by molar-refractivity contribution is 8.76. The molecule has 2 saturated heterocycles. The molecule has 2 aromatic heterocycles. The van der Waals surface area contributed by atoms with Gasteiger partial charge >= 0.3 is 5.97 Å². The molecule has 10 amide bonds. The number of primary amides is 1. The molecule has 32 heteroatoms. The lowest BCUT2D eigenvalue weighted by Crippen LogP contribution is -2.61. The predicted molar refractivity (Wildman–Crippen MR) is 373 cm³/mol. The van der Waals surface area contributed by atoms with E-state index in [1.807, 2.05) is 23.1 Å². The Hall–Kier alpha value is -10.1. The van der Waals surface area contributed by atoms with Crippen LogP contribution in [-0.4, -0.2) is 182 Å². The molecule has 5 aromatic rings. The van der Waals surface area contributed by atoms with Crippen LogP contribution >= 0.6 is 21.6 Å². The Labute approximate surface area is 579 Å². The molecule has 19 N–H and O–H groups in total. The number of carboxylic acid groups (broad SMARTS) is 1. The Bertz CT molecular complexity index is 3640. The van der Waals surface area contributed by atoms with Crippen LogP contribution in [0.15, 0.2) is 108 Å². The number of fused-ring (bicyclic) bond motifs is 1. The van der Waals surface area contributed by atoms with Crippen molar-refractivity contribution < 1.29 is 68.1 Å². The molecule has 2 aliphatic heterocycles. The predicted octanol–water partition coefficient (Wildman–Crippen LogP) is 0.681. The van der Waals surface area contributed by atoms with E-state index in [1.54, 1.807) is 62.6 Å². The zero-order valence-corrected chi connectivity index (χ0v) is 56.7. The van der Waals surface area contributed by atoms with Gasteiger partial charge < -0.3 is 90.3 Å². The van der Waals surface area contributed by atoms with Crippen LogP contribution in [0.25, 0.3) is 10.9 Å². The number of nitrogens with one attached hydrogen (secondary N) is 10. The van der Waals surface area contributed by atoms with Gasteiger partial charge in [0.1, 0.15) is 71.7 Å². The zero-order valence-electron chi connectivity index (χ0n) is 55.0. The average molecular weight is 1410 g/mol. The minimum absolute atomic E-state index is 0.0214. The molecule has 0 saturated carbocycles. The molecule has 7 rings (SSSR count). The number of carbonyl (C=O) groups is 11. The molecule has 99 heavy (non-hydrogen) atoms. The summed E-state index contributed by atoms with van der Waals surface area (Å²) in [6.07, 6.45) is 4.03. The Morgan fingerprint density at radius 2 is 1.33 bits per heavy atom. The minimum atomic E-state index is -1.59. The number of nitrogens with zero attached hydrogens (tertiary/aromatic N) is 3. The van der Waals surface area contributed by atoms with E-state index in [9.17, 15) is 63.3 Å². The number of aromatic nitrogens is 2. The van der Waals surface area contributed by atoms with Gasteiger partial charge in [-0.25, -0.2) is 4.98 Å². The molecule has 0 bridgehead atoms. The standard InChI is InChI=1S/C67H88N16O14S2/c1-38(2)57-66(97)79-49(33-40-20-24-43(85)25-21-40)61(92)76-46(14-10-30-73-67(69)70)59(90)72-29-8-3-4-17-55(86)75-50(34-41-35-74-45-13-6-5-12-44(41)45)63(94)77-47(26-27-56(87)88)60(91)80-51(58(68)89)36-98-99-37-52(64(95)82-57)81-62(93)48(32-39-18-22-42(84)23-19-39)78-65(96)53-15-11-31-83(53)54-16-7-9-28-71-54/h5-7,9,12-13,16,18-25,28,35,38,46-53,57,74,84-85H,3-4,8,10-11,14-15,17,26-27,29-34,36-37H2,1-2H3,(H2,68,89)(H,72,90)(H,75,86)(H,76,92)(H,77,94)(H,78,96)(H,79,97)(H,80,91)(H,81,93)(H,82,95)(H,87,88)(H4,69,70,73)/t46-,47-,48-,49-,50-,51-,52-,53-,57-/m0/s1. The van der Waals surface area contributed by atoms with Gasteiger partial charge in [-0.15, -0.1) is 0 Å². The molecule has 3 aromatic carbocycles. The normalized spacial score (nSPS) is 22.0. The second-order valence-corrected chi connectivity index (χ2v) is 27.1. The maximum atomic E-state index is 15.0. The summed E-state index contributed by atoms with van der Waals surface area (Å²) in [5.41, 5.74) is 19.4. The number of rotatable bonds is 20. The highest BCUT2D eigenvalue weighted by Gasteiger charge is 2.38. The van der Waals surface area contributed by atoms with E-state index < -0.39 is 138 Å². The fraction of sp³-hybridized carbons (Fsp3) is 0.448. The van der Waals surface area contributed by atoms with Gasteiger partial charge in [-0.2, -0.15) is 0 Å². The van der Waals surface area contributed by atoms with E-state index in [4.69, 9.17) is 17.2 Å². The van der Waals surface area contributed by atoms with E-state index in [0.29, 0.717) is 54.7 Å². The Morgan fingerprint density at radius 3 is 2.00 bits per heavy atom. The van der Waals surface area contributed by atoms with E-state index in [2.05, 4.69) is 62.8 Å². The highest BCUT2D eigenvalue weighted by atomic mass is 33.1. The van der Waals surface area contributed by atoms with Crippen molar-refractivity contribution in [1.29, 1.82) is 0 Å². The number of aromatic amines is 1. The third-order valence-electron chi connectivity index (χ3n) is 16.6. The number of phenols is 2. The Kier molecular flexibility index (Phi) is 29.4. The van der Waals surface area contributed by atoms with Crippen molar-refractivity contribution in [2.75, 3.05) is 36.0 Å². The number of anilines is 1. The van der Waals surface area contributed by atoms with Crippen LogP contribution in [0, 0.1) is 5.92 Å². The van der Waals surface area contributed by atoms with Gasteiger partial charge in [0, 0.05) is 86.5 Å². The van der Waals surface area contributed by atoms with E-state index >= 15 is 4.79 Å². The fourth-order valence-electron chi connectivity index (χ4n) is 11.2. The third-order valence-corrected chi connectivity index (χ3v) is 19.0. The second-order valence-electron chi connectivity index (χ2n) is 24.5. The van der Waals surface area contributed by atoms with Crippen molar-refractivity contribution in [3.63, 3.8) is 0 Å². The fourth-order valence-corrected chi connectivity index (χ4v) is 13.6. The number of guanidine groups is 1. The molecule has 2 aliphatic rings. The summed E-state index contributed by atoms with van der Waals surface area (Å²) < 4.78 is 0. The molecule has 0 spiro atoms. The van der Waals surface area contributed by atoms with Gasteiger partial charge in [0.15, 0.2) is 5.96 Å². The van der Waals surface area contributed by atoms with Crippen molar-refractivity contribution in [1.82, 2.24) is 57.8 Å². The maximum absolute atomic E-state index is 15.0. The van der Waals surface area contributed by atoms with Gasteiger partial charge in [-0.1, -0.05) is 90.4 Å². The van der Waals surface area contributed by atoms with E-state index in [-0.39, 0.29) is 87.0 Å². The molecule has 0 aliphatic carbocycles. The van der Waals surface area contributed by atoms with Gasteiger partial charge in [-0.3, -0.25) is 57.7 Å². The first-order valence-electron chi connectivity index (χ1n) is 32.7. The molecular formula is C67H88N16O14S2. The highest BCUT2D eigenvalue weighted by Crippen LogP contribution is 2.27. The SMILES string of the molecule is CC(C)[C@@H]1NC(=O)[C@@H](NC(=O)[C@H](Cc2ccc(O)cc2)NC(=O)[C@@H]2CCCN2c2ccccn2)CSSC[C@@H](C(N)=O)NC(=O)[C@H](CCC(=O)O)NC(=O)[C@H](Cc2c[nH]c3ccccc23)NC(=O)CCCCCNC(=O)[C@H](CCCN=C(N)N)NC(=O)[C@H](Cc2ccc(O)cc2)NC1=O. The summed E-state index contributed by atoms with van der Waals surface area (Å²) in [5.74, 6) is -10.5. The lowest BCUT2D eigenvalue weighted by molar-refractivity contribution is -0.138. The summed E-state index contributed by atoms with van der Waals surface area (Å²) >= 11 is 0. The Morgan fingerprint density at radius 1 is 0.687 bits per heavy atom. The van der Waals surface area contributed by atoms with Crippen LogP contribution in [-0.2, 0) is 72.0 Å². The van der Waals surface area contributed by atoms with Crippen molar-refractivity contribution in [3.8, 4) is 11.5 Å². The van der Waals surface area contributed by atoms with Crippen LogP contribution in [0.3, 0.4) is 0 Å². The quantitative estimate of drug-likeness (QED) is 0.0220. The van der Waals surface area contributed by atoms with Gasteiger partial charge in [0.2, 0.25) is 59.1 Å². The number of hydrogen-bond donors (Lipinski definition) is 16. The number of phenolic OH excluding ortho intramolecular Hbond substituents is 2. The monoisotopic (exact) mass is 1400 g/mol. The van der Waals surface area contributed by atoms with Crippen LogP contribution in [0.1, 0.15) is 94.7 Å². The van der Waals surface area contributed by atoms with E-state index in [1.165, 1.54) is 36.4 Å². The zero-order chi connectivity index (χ0) is 71.5. The molecule has 4 heterocycles. The number of carbonyl (C=O) groups excluding carboxylic acids is 10. The number of nitrogens with two attached hydrogens (primary N) is 3. The van der Waals surface area contributed by atoms with Crippen molar-refractivity contribution in [3.05, 3.63) is 120 Å².